The van der Waals surface area contributed by atoms with E-state index in [9.17, 15) is 4.79 Å². The van der Waals surface area contributed by atoms with Crippen LogP contribution in [0.3, 0.4) is 0 Å². The summed E-state index contributed by atoms with van der Waals surface area (Å²) >= 11 is 15.9. The van der Waals surface area contributed by atoms with Gasteiger partial charge in [0.25, 0.3) is 5.91 Å². The highest BCUT2D eigenvalue weighted by Gasteiger charge is 2.10. The molecule has 0 aliphatic rings. The summed E-state index contributed by atoms with van der Waals surface area (Å²) in [5.74, 6) is 1.24. The highest BCUT2D eigenvalue weighted by molar-refractivity contribution is 9.10. The van der Waals surface area contributed by atoms with Crippen LogP contribution >= 0.6 is 39.1 Å². The average Bonchev–Trinajstić information content (AvgIpc) is 2.84. The molecule has 184 valence electrons. The van der Waals surface area contributed by atoms with Gasteiger partial charge in [0.15, 0.2) is 18.1 Å². The molecule has 6 nitrogen and oxygen atoms in total. The van der Waals surface area contributed by atoms with E-state index in [-0.39, 0.29) is 19.1 Å². The largest absolute Gasteiger partial charge is 0.493 e. The van der Waals surface area contributed by atoms with E-state index in [4.69, 9.17) is 37.4 Å². The van der Waals surface area contributed by atoms with Gasteiger partial charge in [-0.05, 0) is 75.9 Å². The number of rotatable bonds is 11. The van der Waals surface area contributed by atoms with Gasteiger partial charge in [-0.3, -0.25) is 4.79 Å². The van der Waals surface area contributed by atoms with Gasteiger partial charge in [0.1, 0.15) is 12.4 Å². The van der Waals surface area contributed by atoms with Gasteiger partial charge in [-0.25, -0.2) is 5.43 Å². The SMILES string of the molecule is CCCc1ccc(OCC(=O)N/N=C/c2ccc(OCc3c(Cl)cccc3Cl)c(OC)c2)c(Br)c1. The van der Waals surface area contributed by atoms with Gasteiger partial charge >= 0.3 is 0 Å². The molecular formula is C26H25BrCl2N2O4. The number of nitrogens with zero attached hydrogens (tertiary/aromatic N) is 1. The van der Waals surface area contributed by atoms with E-state index in [1.54, 1.807) is 36.4 Å². The molecule has 1 N–H and O–H groups in total. The van der Waals surface area contributed by atoms with Crippen molar-refractivity contribution in [3.05, 3.63) is 85.8 Å². The summed E-state index contributed by atoms with van der Waals surface area (Å²) in [7, 11) is 1.54. The maximum atomic E-state index is 12.1. The Balaban J connectivity index is 1.53. The molecular weight excluding hydrogens is 555 g/mol. The number of hydrogen-bond donors (Lipinski definition) is 1. The molecule has 0 aromatic heterocycles. The lowest BCUT2D eigenvalue weighted by Gasteiger charge is -2.13. The third kappa shape index (κ3) is 7.88. The van der Waals surface area contributed by atoms with Gasteiger partial charge < -0.3 is 14.2 Å². The van der Waals surface area contributed by atoms with Crippen molar-refractivity contribution in [3.8, 4) is 17.2 Å². The zero-order valence-electron chi connectivity index (χ0n) is 19.3. The molecule has 0 heterocycles. The summed E-state index contributed by atoms with van der Waals surface area (Å²) < 4.78 is 17.7. The van der Waals surface area contributed by atoms with Crippen molar-refractivity contribution in [1.29, 1.82) is 0 Å². The second-order valence-corrected chi connectivity index (χ2v) is 9.16. The van der Waals surface area contributed by atoms with Crippen LogP contribution in [-0.2, 0) is 17.8 Å². The molecule has 0 saturated carbocycles. The fourth-order valence-corrected chi connectivity index (χ4v) is 4.21. The molecule has 1 amide bonds. The Morgan fingerprint density at radius 2 is 1.77 bits per heavy atom. The molecule has 3 rings (SSSR count). The van der Waals surface area contributed by atoms with Crippen LogP contribution in [0.4, 0.5) is 0 Å². The molecule has 0 saturated heterocycles. The Bertz CT molecular complexity index is 1180. The number of carbonyl (C=O) groups excluding carboxylic acids is 1. The molecule has 0 radical (unpaired) electrons. The summed E-state index contributed by atoms with van der Waals surface area (Å²) in [6.45, 7) is 2.15. The molecule has 0 atom stereocenters. The number of halogens is 3. The van der Waals surface area contributed by atoms with Gasteiger partial charge in [0.2, 0.25) is 0 Å². The topological polar surface area (TPSA) is 69.2 Å². The van der Waals surface area contributed by atoms with E-state index in [2.05, 4.69) is 33.4 Å². The van der Waals surface area contributed by atoms with Crippen molar-refractivity contribution in [3.63, 3.8) is 0 Å². The molecule has 0 unspecified atom stereocenters. The first-order valence-corrected chi connectivity index (χ1v) is 12.4. The lowest BCUT2D eigenvalue weighted by molar-refractivity contribution is -0.123. The molecule has 0 spiro atoms. The molecule has 35 heavy (non-hydrogen) atoms. The number of nitrogens with one attached hydrogen (secondary N) is 1. The molecule has 9 heteroatoms. The minimum atomic E-state index is -0.380. The van der Waals surface area contributed by atoms with Crippen LogP contribution < -0.4 is 19.6 Å². The lowest BCUT2D eigenvalue weighted by Crippen LogP contribution is -2.24. The van der Waals surface area contributed by atoms with Crippen LogP contribution in [0.5, 0.6) is 17.2 Å². The molecule has 0 aliphatic carbocycles. The molecule has 0 aliphatic heterocycles. The summed E-state index contributed by atoms with van der Waals surface area (Å²) in [6.07, 6.45) is 3.55. The predicted molar refractivity (Wildman–Crippen MR) is 143 cm³/mol. The van der Waals surface area contributed by atoms with Gasteiger partial charge in [0, 0.05) is 15.6 Å². The van der Waals surface area contributed by atoms with Crippen molar-refractivity contribution in [2.24, 2.45) is 5.10 Å². The van der Waals surface area contributed by atoms with Crippen molar-refractivity contribution in [1.82, 2.24) is 5.43 Å². The Labute approximate surface area is 223 Å². The average molecular weight is 580 g/mol. The predicted octanol–water partition coefficient (Wildman–Crippen LogP) is 6.83. The summed E-state index contributed by atoms with van der Waals surface area (Å²) in [5.41, 5.74) is 5.06. The Morgan fingerprint density at radius 3 is 2.46 bits per heavy atom. The quantitative estimate of drug-likeness (QED) is 0.200. The number of methoxy groups -OCH3 is 1. The van der Waals surface area contributed by atoms with Crippen LogP contribution in [0.25, 0.3) is 0 Å². The number of carbonyl (C=O) groups is 1. The van der Waals surface area contributed by atoms with Crippen LogP contribution in [0.2, 0.25) is 10.0 Å². The lowest BCUT2D eigenvalue weighted by atomic mass is 10.1. The summed E-state index contributed by atoms with van der Waals surface area (Å²) in [6, 6.07) is 16.4. The number of aryl methyl sites for hydroxylation is 1. The number of benzene rings is 3. The van der Waals surface area contributed by atoms with Crippen LogP contribution in [0, 0.1) is 0 Å². The first-order chi connectivity index (χ1) is 16.9. The highest BCUT2D eigenvalue weighted by atomic mass is 79.9. The zero-order valence-corrected chi connectivity index (χ0v) is 22.4. The second kappa shape index (κ2) is 13.4. The first-order valence-electron chi connectivity index (χ1n) is 10.9. The van der Waals surface area contributed by atoms with E-state index in [0.29, 0.717) is 38.4 Å². The van der Waals surface area contributed by atoms with Crippen molar-refractivity contribution in [2.75, 3.05) is 13.7 Å². The third-order valence-electron chi connectivity index (χ3n) is 4.92. The Kier molecular flexibility index (Phi) is 10.3. The second-order valence-electron chi connectivity index (χ2n) is 7.50. The zero-order chi connectivity index (χ0) is 25.2. The van der Waals surface area contributed by atoms with E-state index < -0.39 is 0 Å². The van der Waals surface area contributed by atoms with Crippen molar-refractivity contribution < 1.29 is 19.0 Å². The number of amides is 1. The van der Waals surface area contributed by atoms with Crippen LogP contribution in [0.15, 0.2) is 64.2 Å². The normalized spacial score (nSPS) is 10.9. The number of ether oxygens (including phenoxy) is 3. The van der Waals surface area contributed by atoms with E-state index in [1.165, 1.54) is 18.9 Å². The molecule has 0 bridgehead atoms. The van der Waals surface area contributed by atoms with Crippen molar-refractivity contribution in [2.45, 2.75) is 26.4 Å². The fraction of sp³-hybridized carbons (Fsp3) is 0.231. The Hall–Kier alpha value is -2.74. The van der Waals surface area contributed by atoms with E-state index >= 15 is 0 Å². The minimum absolute atomic E-state index is 0.163. The molecule has 3 aromatic carbocycles. The number of hydrogen-bond acceptors (Lipinski definition) is 5. The van der Waals surface area contributed by atoms with Gasteiger partial charge in [-0.1, -0.05) is 48.7 Å². The highest BCUT2D eigenvalue weighted by Crippen LogP contribution is 2.31. The molecule has 3 aromatic rings. The fourth-order valence-electron chi connectivity index (χ4n) is 3.16. The Morgan fingerprint density at radius 1 is 1.03 bits per heavy atom. The molecule has 0 fully saturated rings. The standard InChI is InChI=1S/C26H25BrCl2N2O4/c1-3-5-17-8-10-23(20(27)12-17)35-16-26(32)31-30-14-18-9-11-24(25(13-18)33-2)34-15-19-21(28)6-4-7-22(19)29/h4,6-14H,3,5,15-16H2,1-2H3,(H,31,32)/b30-14+. The first kappa shape index (κ1) is 26.9. The van der Waals surface area contributed by atoms with Crippen LogP contribution in [-0.4, -0.2) is 25.8 Å². The van der Waals surface area contributed by atoms with Gasteiger partial charge in [-0.2, -0.15) is 5.10 Å². The smallest absolute Gasteiger partial charge is 0.277 e. The maximum Gasteiger partial charge on any atom is 0.277 e. The van der Waals surface area contributed by atoms with Crippen molar-refractivity contribution >= 4 is 51.3 Å². The van der Waals surface area contributed by atoms with E-state index in [1.807, 2.05) is 18.2 Å². The van der Waals surface area contributed by atoms with Gasteiger partial charge in [0.05, 0.1) is 17.8 Å². The third-order valence-corrected chi connectivity index (χ3v) is 6.25. The summed E-state index contributed by atoms with van der Waals surface area (Å²) in [4.78, 5) is 12.1. The minimum Gasteiger partial charge on any atom is -0.493 e. The summed E-state index contributed by atoms with van der Waals surface area (Å²) in [5, 5.41) is 5.05. The number of hydrazone groups is 1. The van der Waals surface area contributed by atoms with E-state index in [0.717, 1.165) is 17.3 Å². The monoisotopic (exact) mass is 578 g/mol. The maximum absolute atomic E-state index is 12.1. The van der Waals surface area contributed by atoms with Gasteiger partial charge in [-0.15, -0.1) is 0 Å². The van der Waals surface area contributed by atoms with Crippen LogP contribution in [0.1, 0.15) is 30.0 Å².